The molecule has 0 radical (unpaired) electrons. The minimum atomic E-state index is 0.636. The number of aromatic nitrogens is 1. The Hall–Kier alpha value is -0.480. The Morgan fingerprint density at radius 1 is 1.67 bits per heavy atom. The summed E-state index contributed by atoms with van der Waals surface area (Å²) in [5.41, 5.74) is 0. The molecule has 4 heteroatoms. The Morgan fingerprint density at radius 3 is 3.33 bits per heavy atom. The molecule has 1 atom stereocenters. The topological polar surface area (TPSA) is 38.1 Å². The van der Waals surface area contributed by atoms with Gasteiger partial charge in [-0.3, -0.25) is 0 Å². The van der Waals surface area contributed by atoms with E-state index >= 15 is 0 Å². The molecule has 0 aromatic carbocycles. The van der Waals surface area contributed by atoms with Crippen LogP contribution in [0.5, 0.6) is 0 Å². The SMILES string of the molecule is c1coc(SC2CCCNC2)n1. The van der Waals surface area contributed by atoms with Crippen molar-refractivity contribution in [2.45, 2.75) is 23.3 Å². The van der Waals surface area contributed by atoms with E-state index in [2.05, 4.69) is 10.3 Å². The molecule has 12 heavy (non-hydrogen) atoms. The van der Waals surface area contributed by atoms with Gasteiger partial charge in [-0.05, 0) is 19.4 Å². The smallest absolute Gasteiger partial charge is 0.255 e. The van der Waals surface area contributed by atoms with Crippen LogP contribution in [0.3, 0.4) is 0 Å². The van der Waals surface area contributed by atoms with Crippen molar-refractivity contribution in [3.63, 3.8) is 0 Å². The summed E-state index contributed by atoms with van der Waals surface area (Å²) < 4.78 is 5.16. The van der Waals surface area contributed by atoms with Crippen molar-refractivity contribution < 1.29 is 4.42 Å². The van der Waals surface area contributed by atoms with Gasteiger partial charge >= 0.3 is 0 Å². The molecule has 1 fully saturated rings. The van der Waals surface area contributed by atoms with E-state index in [9.17, 15) is 0 Å². The Bertz CT molecular complexity index is 219. The average Bonchev–Trinajstić information content (AvgIpc) is 2.59. The molecule has 1 aromatic heterocycles. The molecule has 1 aromatic rings. The number of piperidine rings is 1. The molecule has 0 bridgehead atoms. The highest BCUT2D eigenvalue weighted by Gasteiger charge is 2.15. The van der Waals surface area contributed by atoms with E-state index in [-0.39, 0.29) is 0 Å². The van der Waals surface area contributed by atoms with Crippen LogP contribution in [0.2, 0.25) is 0 Å². The van der Waals surface area contributed by atoms with Crippen molar-refractivity contribution in [2.24, 2.45) is 0 Å². The summed E-state index contributed by atoms with van der Waals surface area (Å²) in [4.78, 5) is 4.08. The molecular formula is C8H12N2OS. The minimum Gasteiger partial charge on any atom is -0.440 e. The maximum Gasteiger partial charge on any atom is 0.255 e. The van der Waals surface area contributed by atoms with Gasteiger partial charge in [-0.2, -0.15) is 0 Å². The number of oxazole rings is 1. The Morgan fingerprint density at radius 2 is 2.67 bits per heavy atom. The lowest BCUT2D eigenvalue weighted by atomic mass is 10.2. The van der Waals surface area contributed by atoms with E-state index in [1.54, 1.807) is 24.2 Å². The zero-order valence-corrected chi connectivity index (χ0v) is 7.64. The lowest BCUT2D eigenvalue weighted by Crippen LogP contribution is -2.31. The predicted octanol–water partition coefficient (Wildman–Crippen LogP) is 1.52. The highest BCUT2D eigenvalue weighted by atomic mass is 32.2. The molecular weight excluding hydrogens is 172 g/mol. The van der Waals surface area contributed by atoms with Crippen LogP contribution in [0.15, 0.2) is 22.1 Å². The molecule has 1 aliphatic heterocycles. The number of hydrogen-bond acceptors (Lipinski definition) is 4. The van der Waals surface area contributed by atoms with Gasteiger partial charge in [0.1, 0.15) is 6.26 Å². The lowest BCUT2D eigenvalue weighted by molar-refractivity contribution is 0.449. The van der Waals surface area contributed by atoms with Crippen LogP contribution in [0, 0.1) is 0 Å². The van der Waals surface area contributed by atoms with E-state index in [4.69, 9.17) is 4.42 Å². The summed E-state index contributed by atoms with van der Waals surface area (Å²) in [6.45, 7) is 2.23. The van der Waals surface area contributed by atoms with Crippen molar-refractivity contribution in [1.82, 2.24) is 10.3 Å². The van der Waals surface area contributed by atoms with Gasteiger partial charge in [-0.15, -0.1) is 0 Å². The van der Waals surface area contributed by atoms with Gasteiger partial charge < -0.3 is 9.73 Å². The maximum atomic E-state index is 5.16. The van der Waals surface area contributed by atoms with Gasteiger partial charge in [0.25, 0.3) is 5.22 Å². The van der Waals surface area contributed by atoms with Crippen LogP contribution in [-0.2, 0) is 0 Å². The fraction of sp³-hybridized carbons (Fsp3) is 0.625. The van der Waals surface area contributed by atoms with Gasteiger partial charge in [0.05, 0.1) is 6.20 Å². The summed E-state index contributed by atoms with van der Waals surface area (Å²) in [7, 11) is 0. The normalized spacial score (nSPS) is 24.2. The molecule has 0 saturated carbocycles. The van der Waals surface area contributed by atoms with Gasteiger partial charge in [0.15, 0.2) is 0 Å². The van der Waals surface area contributed by atoms with Crippen LogP contribution in [0.25, 0.3) is 0 Å². The third kappa shape index (κ3) is 2.01. The fourth-order valence-electron chi connectivity index (χ4n) is 1.33. The van der Waals surface area contributed by atoms with Crippen molar-refractivity contribution >= 4 is 11.8 Å². The molecule has 1 N–H and O–H groups in total. The van der Waals surface area contributed by atoms with Crippen molar-refractivity contribution in [2.75, 3.05) is 13.1 Å². The molecule has 1 aliphatic rings. The van der Waals surface area contributed by atoms with E-state index in [1.807, 2.05) is 0 Å². The number of nitrogens with one attached hydrogen (secondary N) is 1. The van der Waals surface area contributed by atoms with Gasteiger partial charge in [-0.1, -0.05) is 11.8 Å². The van der Waals surface area contributed by atoms with Gasteiger partial charge in [0, 0.05) is 11.8 Å². The number of nitrogens with zero attached hydrogens (tertiary/aromatic N) is 1. The van der Waals surface area contributed by atoms with Crippen molar-refractivity contribution in [1.29, 1.82) is 0 Å². The van der Waals surface area contributed by atoms with E-state index in [0.717, 1.165) is 18.3 Å². The van der Waals surface area contributed by atoms with E-state index < -0.39 is 0 Å². The minimum absolute atomic E-state index is 0.636. The largest absolute Gasteiger partial charge is 0.440 e. The Kier molecular flexibility index (Phi) is 2.68. The second-order valence-corrected chi connectivity index (χ2v) is 4.14. The quantitative estimate of drug-likeness (QED) is 0.756. The molecule has 0 amide bonds. The van der Waals surface area contributed by atoms with Crippen LogP contribution in [-0.4, -0.2) is 23.3 Å². The molecule has 66 valence electrons. The molecule has 2 heterocycles. The first kappa shape index (κ1) is 8.13. The highest BCUT2D eigenvalue weighted by Crippen LogP contribution is 2.25. The van der Waals surface area contributed by atoms with Crippen LogP contribution < -0.4 is 5.32 Å². The van der Waals surface area contributed by atoms with Crippen LogP contribution in [0.4, 0.5) is 0 Å². The maximum absolute atomic E-state index is 5.16. The molecule has 1 saturated heterocycles. The Labute approximate surface area is 75.9 Å². The zero-order valence-electron chi connectivity index (χ0n) is 6.82. The van der Waals surface area contributed by atoms with Gasteiger partial charge in [-0.25, -0.2) is 4.98 Å². The zero-order chi connectivity index (χ0) is 8.23. The predicted molar refractivity (Wildman–Crippen MR) is 48.3 cm³/mol. The summed E-state index contributed by atoms with van der Waals surface area (Å²) >= 11 is 1.73. The summed E-state index contributed by atoms with van der Waals surface area (Å²) in [5.74, 6) is 0. The molecule has 0 aliphatic carbocycles. The first-order chi connectivity index (χ1) is 5.95. The van der Waals surface area contributed by atoms with E-state index in [0.29, 0.717) is 5.25 Å². The number of thioether (sulfide) groups is 1. The van der Waals surface area contributed by atoms with Gasteiger partial charge in [0.2, 0.25) is 0 Å². The molecule has 1 unspecified atom stereocenters. The lowest BCUT2D eigenvalue weighted by Gasteiger charge is -2.20. The summed E-state index contributed by atoms with van der Waals surface area (Å²) in [5, 5.41) is 4.79. The standard InChI is InChI=1S/C8H12N2OS/c1-2-7(6-9-3-1)12-8-10-4-5-11-8/h4-5,7,9H,1-3,6H2. The second kappa shape index (κ2) is 3.96. The summed E-state index contributed by atoms with van der Waals surface area (Å²) in [6, 6.07) is 0. The van der Waals surface area contributed by atoms with Crippen LogP contribution in [0.1, 0.15) is 12.8 Å². The monoisotopic (exact) mass is 184 g/mol. The third-order valence-corrected chi connectivity index (χ3v) is 3.07. The third-order valence-electron chi connectivity index (χ3n) is 1.93. The fourth-order valence-corrected chi connectivity index (χ4v) is 2.34. The van der Waals surface area contributed by atoms with Crippen molar-refractivity contribution in [3.05, 3.63) is 12.5 Å². The Balaban J connectivity index is 1.86. The number of rotatable bonds is 2. The van der Waals surface area contributed by atoms with E-state index in [1.165, 1.54) is 12.8 Å². The highest BCUT2D eigenvalue weighted by molar-refractivity contribution is 7.99. The molecule has 2 rings (SSSR count). The summed E-state index contributed by atoms with van der Waals surface area (Å²) in [6.07, 6.45) is 5.84. The number of hydrogen-bond donors (Lipinski definition) is 1. The molecule has 0 spiro atoms. The molecule has 3 nitrogen and oxygen atoms in total. The van der Waals surface area contributed by atoms with Crippen molar-refractivity contribution in [3.8, 4) is 0 Å². The average molecular weight is 184 g/mol. The first-order valence-electron chi connectivity index (χ1n) is 4.22. The second-order valence-electron chi connectivity index (χ2n) is 2.88. The first-order valence-corrected chi connectivity index (χ1v) is 5.10. The van der Waals surface area contributed by atoms with Crippen LogP contribution >= 0.6 is 11.8 Å².